The highest BCUT2D eigenvalue weighted by Gasteiger charge is 2.17. The summed E-state index contributed by atoms with van der Waals surface area (Å²) in [6.45, 7) is 8.04. The molecule has 35 heavy (non-hydrogen) atoms. The van der Waals surface area contributed by atoms with Gasteiger partial charge in [-0.1, -0.05) is 65.3 Å². The van der Waals surface area contributed by atoms with Gasteiger partial charge in [0.1, 0.15) is 6.61 Å². The number of hydrogen-bond donors (Lipinski definition) is 0. The van der Waals surface area contributed by atoms with E-state index in [0.29, 0.717) is 37.8 Å². The maximum absolute atomic E-state index is 13.0. The van der Waals surface area contributed by atoms with E-state index in [9.17, 15) is 4.79 Å². The zero-order valence-corrected chi connectivity index (χ0v) is 20.4. The number of hydrogen-bond acceptors (Lipinski definition) is 7. The number of aryl methyl sites for hydroxylation is 1. The first kappa shape index (κ1) is 25.0. The van der Waals surface area contributed by atoms with Crippen LogP contribution in [0.5, 0.6) is 0 Å². The zero-order chi connectivity index (χ0) is 24.3. The predicted molar refractivity (Wildman–Crippen MR) is 133 cm³/mol. The summed E-state index contributed by atoms with van der Waals surface area (Å²) in [6.07, 6.45) is 1.39. The van der Waals surface area contributed by atoms with E-state index in [1.807, 2.05) is 66.4 Å². The second-order valence-electron chi connectivity index (χ2n) is 8.79. The van der Waals surface area contributed by atoms with Crippen molar-refractivity contribution in [3.05, 3.63) is 71.6 Å². The van der Waals surface area contributed by atoms with Crippen LogP contribution in [0, 0.1) is 6.92 Å². The molecule has 0 atom stereocenters. The lowest BCUT2D eigenvalue weighted by molar-refractivity contribution is -0.136. The molecule has 0 aliphatic carbocycles. The summed E-state index contributed by atoms with van der Waals surface area (Å²) in [5, 5.41) is 4.11. The number of morpholine rings is 1. The van der Waals surface area contributed by atoms with Crippen LogP contribution in [0.2, 0.25) is 0 Å². The second-order valence-corrected chi connectivity index (χ2v) is 8.79. The molecule has 4 rings (SSSR count). The number of carbonyl (C=O) groups excluding carboxylic acids is 1. The van der Waals surface area contributed by atoms with Gasteiger partial charge < -0.3 is 18.9 Å². The quantitative estimate of drug-likeness (QED) is 0.395. The van der Waals surface area contributed by atoms with Crippen LogP contribution in [0.3, 0.4) is 0 Å². The van der Waals surface area contributed by atoms with Crippen molar-refractivity contribution in [3.8, 4) is 11.4 Å². The Morgan fingerprint density at radius 2 is 1.83 bits per heavy atom. The van der Waals surface area contributed by atoms with Crippen LogP contribution in [0.1, 0.15) is 23.4 Å². The van der Waals surface area contributed by atoms with Crippen molar-refractivity contribution in [2.45, 2.75) is 26.4 Å². The number of benzene rings is 2. The lowest BCUT2D eigenvalue weighted by Gasteiger charge is -2.28. The molecule has 1 saturated heterocycles. The number of amides is 1. The van der Waals surface area contributed by atoms with Gasteiger partial charge in [0.05, 0.1) is 19.8 Å². The average Bonchev–Trinajstić information content (AvgIpc) is 3.37. The van der Waals surface area contributed by atoms with Crippen LogP contribution in [-0.2, 0) is 27.3 Å². The Morgan fingerprint density at radius 1 is 1.06 bits per heavy atom. The molecule has 2 heterocycles. The van der Waals surface area contributed by atoms with E-state index in [2.05, 4.69) is 15.0 Å². The average molecular weight is 479 g/mol. The summed E-state index contributed by atoms with van der Waals surface area (Å²) >= 11 is 0. The Morgan fingerprint density at radius 3 is 2.60 bits per heavy atom. The Hall–Kier alpha value is -3.07. The monoisotopic (exact) mass is 478 g/mol. The van der Waals surface area contributed by atoms with Crippen molar-refractivity contribution < 1.29 is 18.8 Å². The van der Waals surface area contributed by atoms with E-state index in [4.69, 9.17) is 14.0 Å². The number of nitrogens with zero attached hydrogens (tertiary/aromatic N) is 4. The minimum atomic E-state index is -0.0267. The van der Waals surface area contributed by atoms with Gasteiger partial charge in [-0.25, -0.2) is 0 Å². The Balaban J connectivity index is 1.31. The molecule has 1 fully saturated rings. The minimum Gasteiger partial charge on any atom is -0.379 e. The first-order valence-electron chi connectivity index (χ1n) is 12.3. The number of carbonyl (C=O) groups is 1. The fraction of sp³-hybridized carbons (Fsp3) is 0.444. The molecule has 1 amide bonds. The SMILES string of the molecule is Cc1ccc(-c2noc(CCN(CCCN3CCOCC3)C(=O)COCc3ccccc3)n2)cc1. The van der Waals surface area contributed by atoms with Gasteiger partial charge in [-0.3, -0.25) is 9.69 Å². The van der Waals surface area contributed by atoms with Crippen molar-refractivity contribution in [1.29, 1.82) is 0 Å². The summed E-state index contributed by atoms with van der Waals surface area (Å²) < 4.78 is 16.6. The summed E-state index contributed by atoms with van der Waals surface area (Å²) in [6, 6.07) is 17.9. The zero-order valence-electron chi connectivity index (χ0n) is 20.4. The highest BCUT2D eigenvalue weighted by molar-refractivity contribution is 5.77. The third-order valence-electron chi connectivity index (χ3n) is 6.07. The second kappa shape index (κ2) is 13.1. The highest BCUT2D eigenvalue weighted by Crippen LogP contribution is 2.16. The number of ether oxygens (including phenoxy) is 2. The van der Waals surface area contributed by atoms with Crippen molar-refractivity contribution in [3.63, 3.8) is 0 Å². The van der Waals surface area contributed by atoms with Crippen LogP contribution in [0.15, 0.2) is 59.1 Å². The van der Waals surface area contributed by atoms with Gasteiger partial charge in [0.15, 0.2) is 0 Å². The minimum absolute atomic E-state index is 0.0267. The molecule has 0 saturated carbocycles. The summed E-state index contributed by atoms with van der Waals surface area (Å²) in [5.41, 5.74) is 3.14. The first-order chi connectivity index (χ1) is 17.2. The van der Waals surface area contributed by atoms with E-state index < -0.39 is 0 Å². The van der Waals surface area contributed by atoms with E-state index in [1.165, 1.54) is 5.56 Å². The molecule has 0 N–H and O–H groups in total. The van der Waals surface area contributed by atoms with E-state index in [-0.39, 0.29) is 12.5 Å². The fourth-order valence-electron chi connectivity index (χ4n) is 4.00. The van der Waals surface area contributed by atoms with Crippen molar-refractivity contribution in [2.24, 2.45) is 0 Å². The molecule has 3 aromatic rings. The maximum atomic E-state index is 13.0. The fourth-order valence-corrected chi connectivity index (χ4v) is 4.00. The van der Waals surface area contributed by atoms with Gasteiger partial charge in [-0.05, 0) is 18.9 Å². The lowest BCUT2D eigenvalue weighted by atomic mass is 10.1. The molecule has 1 aromatic heterocycles. The molecule has 0 unspecified atom stereocenters. The van der Waals surface area contributed by atoms with Crippen molar-refractivity contribution in [2.75, 3.05) is 52.5 Å². The molecule has 186 valence electrons. The largest absolute Gasteiger partial charge is 0.379 e. The highest BCUT2D eigenvalue weighted by atomic mass is 16.5. The van der Waals surface area contributed by atoms with Gasteiger partial charge in [0, 0.05) is 44.7 Å². The lowest BCUT2D eigenvalue weighted by Crippen LogP contribution is -2.40. The number of aromatic nitrogens is 2. The van der Waals surface area contributed by atoms with Gasteiger partial charge in [-0.2, -0.15) is 4.98 Å². The maximum Gasteiger partial charge on any atom is 0.248 e. The smallest absolute Gasteiger partial charge is 0.248 e. The van der Waals surface area contributed by atoms with E-state index in [0.717, 1.165) is 50.4 Å². The van der Waals surface area contributed by atoms with E-state index >= 15 is 0 Å². The molecule has 1 aliphatic heterocycles. The Bertz CT molecular complexity index is 1030. The summed E-state index contributed by atoms with van der Waals surface area (Å²) in [4.78, 5) is 21.8. The molecular formula is C27H34N4O4. The molecular weight excluding hydrogens is 444 g/mol. The van der Waals surface area contributed by atoms with Crippen LogP contribution in [-0.4, -0.2) is 78.4 Å². The molecule has 0 radical (unpaired) electrons. The molecule has 1 aliphatic rings. The standard InChI is InChI=1S/C27H34N4O4/c1-22-8-10-24(11-9-22)27-28-25(35-29-27)12-15-31(14-5-13-30-16-18-33-19-17-30)26(32)21-34-20-23-6-3-2-4-7-23/h2-4,6-11H,5,12-21H2,1H3. The van der Waals surface area contributed by atoms with Crippen LogP contribution >= 0.6 is 0 Å². The van der Waals surface area contributed by atoms with Gasteiger partial charge in [0.2, 0.25) is 17.6 Å². The van der Waals surface area contributed by atoms with Crippen LogP contribution in [0.4, 0.5) is 0 Å². The van der Waals surface area contributed by atoms with Gasteiger partial charge in [0.25, 0.3) is 0 Å². The van der Waals surface area contributed by atoms with Crippen molar-refractivity contribution in [1.82, 2.24) is 19.9 Å². The molecule has 8 heteroatoms. The first-order valence-corrected chi connectivity index (χ1v) is 12.3. The third kappa shape index (κ3) is 7.99. The Labute approximate surface area is 206 Å². The number of rotatable bonds is 12. The molecule has 0 spiro atoms. The van der Waals surface area contributed by atoms with Crippen LogP contribution < -0.4 is 0 Å². The normalized spacial score (nSPS) is 14.2. The van der Waals surface area contributed by atoms with Crippen molar-refractivity contribution >= 4 is 5.91 Å². The molecule has 0 bridgehead atoms. The third-order valence-corrected chi connectivity index (χ3v) is 6.07. The summed E-state index contributed by atoms with van der Waals surface area (Å²) in [5.74, 6) is 1.06. The van der Waals surface area contributed by atoms with Gasteiger partial charge in [-0.15, -0.1) is 0 Å². The van der Waals surface area contributed by atoms with Gasteiger partial charge >= 0.3 is 0 Å². The van der Waals surface area contributed by atoms with Crippen LogP contribution in [0.25, 0.3) is 11.4 Å². The molecule has 2 aromatic carbocycles. The molecule has 8 nitrogen and oxygen atoms in total. The topological polar surface area (TPSA) is 80.9 Å². The predicted octanol–water partition coefficient (Wildman–Crippen LogP) is 3.36. The summed E-state index contributed by atoms with van der Waals surface area (Å²) in [7, 11) is 0. The Kier molecular flexibility index (Phi) is 9.39. The van der Waals surface area contributed by atoms with E-state index in [1.54, 1.807) is 0 Å².